The first-order valence-corrected chi connectivity index (χ1v) is 12.4. The summed E-state index contributed by atoms with van der Waals surface area (Å²) >= 11 is 1.62. The number of likely N-dealkylation sites (tertiary alicyclic amines) is 1. The number of imide groups is 1. The topological polar surface area (TPSA) is 82.6 Å². The Morgan fingerprint density at radius 3 is 2.58 bits per heavy atom. The lowest BCUT2D eigenvalue weighted by atomic mass is 9.73. The lowest BCUT2D eigenvalue weighted by molar-refractivity contribution is -0.137. The molecule has 33 heavy (non-hydrogen) atoms. The van der Waals surface area contributed by atoms with E-state index in [0.29, 0.717) is 50.9 Å². The molecule has 2 aromatic rings. The van der Waals surface area contributed by atoms with Crippen LogP contribution in [0.15, 0.2) is 42.0 Å². The smallest absolute Gasteiger partial charge is 0.325 e. The van der Waals surface area contributed by atoms with Gasteiger partial charge in [0.1, 0.15) is 0 Å². The molecule has 2 aliphatic rings. The van der Waals surface area contributed by atoms with Gasteiger partial charge in [0, 0.05) is 48.9 Å². The zero-order valence-electron chi connectivity index (χ0n) is 19.5. The number of nitrogens with zero attached hydrogens (tertiary/aromatic N) is 3. The van der Waals surface area contributed by atoms with Crippen LogP contribution < -0.4 is 5.32 Å². The average molecular weight is 469 g/mol. The molecular formula is C25H32N4O3S. The van der Waals surface area contributed by atoms with E-state index in [2.05, 4.69) is 31.1 Å². The number of piperidine rings is 1. The summed E-state index contributed by atoms with van der Waals surface area (Å²) in [7, 11) is 0. The summed E-state index contributed by atoms with van der Waals surface area (Å²) in [6.07, 6.45) is 5.78. The van der Waals surface area contributed by atoms with Crippen LogP contribution in [0, 0.1) is 11.3 Å². The number of hydrogen-bond donors (Lipinski definition) is 1. The quantitative estimate of drug-likeness (QED) is 0.654. The van der Waals surface area contributed by atoms with Gasteiger partial charge < -0.3 is 10.2 Å². The Morgan fingerprint density at radius 1 is 1.21 bits per heavy atom. The third-order valence-corrected chi connectivity index (χ3v) is 7.49. The Bertz CT molecular complexity index is 994. The van der Waals surface area contributed by atoms with Crippen LogP contribution in [0.3, 0.4) is 0 Å². The molecule has 1 N–H and O–H groups in total. The molecule has 4 rings (SSSR count). The van der Waals surface area contributed by atoms with E-state index >= 15 is 0 Å². The molecule has 2 aromatic heterocycles. The van der Waals surface area contributed by atoms with E-state index in [-0.39, 0.29) is 29.2 Å². The third-order valence-electron chi connectivity index (χ3n) is 6.55. The fraction of sp³-hybridized carbons (Fsp3) is 0.520. The fourth-order valence-corrected chi connectivity index (χ4v) is 5.60. The largest absolute Gasteiger partial charge is 0.343 e. The molecular weight excluding hydrogens is 436 g/mol. The molecule has 7 nitrogen and oxygen atoms in total. The molecule has 1 atom stereocenters. The summed E-state index contributed by atoms with van der Waals surface area (Å²) in [5.74, 6) is -0.171. The van der Waals surface area contributed by atoms with Crippen molar-refractivity contribution in [3.05, 3.63) is 52.5 Å². The molecule has 0 spiro atoms. The van der Waals surface area contributed by atoms with Crippen LogP contribution in [0.2, 0.25) is 0 Å². The van der Waals surface area contributed by atoms with Crippen molar-refractivity contribution in [1.82, 2.24) is 20.1 Å². The minimum absolute atomic E-state index is 0.0661. The summed E-state index contributed by atoms with van der Waals surface area (Å²) in [6, 6.07) is 7.30. The maximum atomic E-state index is 13.8. The van der Waals surface area contributed by atoms with Gasteiger partial charge in [-0.1, -0.05) is 32.9 Å². The minimum atomic E-state index is -1.14. The first-order chi connectivity index (χ1) is 15.7. The summed E-state index contributed by atoms with van der Waals surface area (Å²) < 4.78 is 0. The van der Waals surface area contributed by atoms with Crippen molar-refractivity contribution in [2.45, 2.75) is 52.0 Å². The number of pyridine rings is 1. The molecule has 0 aliphatic carbocycles. The summed E-state index contributed by atoms with van der Waals surface area (Å²) in [6.45, 7) is 7.70. The maximum absolute atomic E-state index is 13.8. The third kappa shape index (κ3) is 4.81. The van der Waals surface area contributed by atoms with Gasteiger partial charge in [-0.05, 0) is 48.1 Å². The van der Waals surface area contributed by atoms with E-state index in [1.165, 1.54) is 4.90 Å². The van der Waals surface area contributed by atoms with Gasteiger partial charge in [0.25, 0.3) is 5.91 Å². The maximum Gasteiger partial charge on any atom is 0.325 e. The second kappa shape index (κ2) is 9.25. The van der Waals surface area contributed by atoms with Crippen LogP contribution >= 0.6 is 11.3 Å². The molecule has 4 amide bonds. The molecule has 4 heterocycles. The van der Waals surface area contributed by atoms with Crippen molar-refractivity contribution in [1.29, 1.82) is 0 Å². The molecule has 2 aliphatic heterocycles. The zero-order valence-corrected chi connectivity index (χ0v) is 20.4. The van der Waals surface area contributed by atoms with Crippen molar-refractivity contribution in [2.24, 2.45) is 11.3 Å². The van der Waals surface area contributed by atoms with E-state index in [9.17, 15) is 14.4 Å². The molecule has 0 saturated carbocycles. The summed E-state index contributed by atoms with van der Waals surface area (Å²) in [5.41, 5.74) is -0.495. The first-order valence-electron chi connectivity index (χ1n) is 11.6. The van der Waals surface area contributed by atoms with E-state index < -0.39 is 5.54 Å². The number of urea groups is 1. The van der Waals surface area contributed by atoms with Crippen LogP contribution in [0.5, 0.6) is 0 Å². The number of aromatic nitrogens is 1. The second-order valence-corrected chi connectivity index (χ2v) is 11.2. The number of nitrogens with one attached hydrogen (secondary N) is 1. The van der Waals surface area contributed by atoms with Gasteiger partial charge >= 0.3 is 6.03 Å². The van der Waals surface area contributed by atoms with Crippen LogP contribution in [0.1, 0.15) is 50.5 Å². The van der Waals surface area contributed by atoms with Gasteiger partial charge in [-0.3, -0.25) is 19.5 Å². The number of carbonyl (C=O) groups excluding carboxylic acids is 3. The predicted octanol–water partition coefficient (Wildman–Crippen LogP) is 3.81. The van der Waals surface area contributed by atoms with Crippen LogP contribution in [-0.2, 0) is 21.5 Å². The van der Waals surface area contributed by atoms with Crippen molar-refractivity contribution >= 4 is 29.2 Å². The second-order valence-electron chi connectivity index (χ2n) is 10.2. The Hall–Kier alpha value is -2.74. The van der Waals surface area contributed by atoms with Gasteiger partial charge in [0.15, 0.2) is 5.54 Å². The monoisotopic (exact) mass is 468 g/mol. The van der Waals surface area contributed by atoms with Crippen LogP contribution in [0.4, 0.5) is 4.79 Å². The van der Waals surface area contributed by atoms with E-state index in [1.807, 2.05) is 28.5 Å². The molecule has 0 unspecified atom stereocenters. The standard InChI is InChI=1S/C25H32N4O3S/c1-24(2,3)16-21(30)28-12-8-18(9-13-28)25(19-6-4-11-26-17-19)22(31)29(23(32)27-25)14-10-20-7-5-15-33-20/h4-7,11,15,17-18H,8-10,12-14,16H2,1-3H3,(H,27,32)/t25-/m1/s1. The van der Waals surface area contributed by atoms with Crippen molar-refractivity contribution in [2.75, 3.05) is 19.6 Å². The van der Waals surface area contributed by atoms with Gasteiger partial charge in [0.2, 0.25) is 5.91 Å². The van der Waals surface area contributed by atoms with Crippen molar-refractivity contribution in [3.8, 4) is 0 Å². The van der Waals surface area contributed by atoms with Gasteiger partial charge in [-0.2, -0.15) is 0 Å². The number of carbonyl (C=O) groups is 3. The lowest BCUT2D eigenvalue weighted by Gasteiger charge is -2.41. The highest BCUT2D eigenvalue weighted by Crippen LogP contribution is 2.41. The first kappa shape index (κ1) is 23.4. The van der Waals surface area contributed by atoms with E-state index in [4.69, 9.17) is 0 Å². The Balaban J connectivity index is 1.55. The average Bonchev–Trinajstić information content (AvgIpc) is 3.39. The highest BCUT2D eigenvalue weighted by molar-refractivity contribution is 7.09. The van der Waals surface area contributed by atoms with Gasteiger partial charge in [0.05, 0.1) is 0 Å². The summed E-state index contributed by atoms with van der Waals surface area (Å²) in [4.78, 5) is 48.2. The molecule has 2 saturated heterocycles. The van der Waals surface area contributed by atoms with Crippen molar-refractivity contribution < 1.29 is 14.4 Å². The van der Waals surface area contributed by atoms with Crippen LogP contribution in [-0.4, -0.2) is 52.3 Å². The zero-order chi connectivity index (χ0) is 23.6. The number of rotatable bonds is 6. The van der Waals surface area contributed by atoms with E-state index in [0.717, 1.165) is 4.88 Å². The highest BCUT2D eigenvalue weighted by atomic mass is 32.1. The molecule has 2 fully saturated rings. The molecule has 176 valence electrons. The minimum Gasteiger partial charge on any atom is -0.343 e. The number of hydrogen-bond acceptors (Lipinski definition) is 5. The normalized spacial score (nSPS) is 22.0. The van der Waals surface area contributed by atoms with E-state index in [1.54, 1.807) is 29.8 Å². The molecule has 0 bridgehead atoms. The highest BCUT2D eigenvalue weighted by Gasteiger charge is 2.57. The van der Waals surface area contributed by atoms with Gasteiger partial charge in [-0.25, -0.2) is 4.79 Å². The SMILES string of the molecule is CC(C)(C)CC(=O)N1CCC([C@]2(c3cccnc3)NC(=O)N(CCc3cccs3)C2=O)CC1. The number of thiophene rings is 1. The number of amides is 4. The Labute approximate surface area is 199 Å². The molecule has 0 radical (unpaired) electrons. The Kier molecular flexibility index (Phi) is 6.56. The van der Waals surface area contributed by atoms with Gasteiger partial charge in [-0.15, -0.1) is 11.3 Å². The molecule has 8 heteroatoms. The lowest BCUT2D eigenvalue weighted by Crippen LogP contribution is -2.54. The van der Waals surface area contributed by atoms with Crippen LogP contribution in [0.25, 0.3) is 0 Å². The fourth-order valence-electron chi connectivity index (χ4n) is 4.91. The van der Waals surface area contributed by atoms with Crippen molar-refractivity contribution in [3.63, 3.8) is 0 Å². The Morgan fingerprint density at radius 2 is 1.97 bits per heavy atom. The summed E-state index contributed by atoms with van der Waals surface area (Å²) in [5, 5.41) is 5.06. The predicted molar refractivity (Wildman–Crippen MR) is 128 cm³/mol. The molecule has 0 aromatic carbocycles.